The molecule has 3 heterocycles. The molecule has 5 rings (SSSR count). The number of carbonyl (C=O) groups is 1. The molecule has 0 spiro atoms. The maximum Gasteiger partial charge on any atom is 0.304 e. The first kappa shape index (κ1) is 20.7. The largest absolute Gasteiger partial charge is 0.477 e. The van der Waals surface area contributed by atoms with Crippen molar-refractivity contribution in [1.29, 1.82) is 0 Å². The van der Waals surface area contributed by atoms with Gasteiger partial charge in [-0.25, -0.2) is 8.96 Å². The summed E-state index contributed by atoms with van der Waals surface area (Å²) in [4.78, 5) is 25.7. The molecule has 0 unspecified atom stereocenters. The fourth-order valence-electron chi connectivity index (χ4n) is 3.90. The number of aromatic nitrogens is 4. The van der Waals surface area contributed by atoms with Crippen LogP contribution in [0, 0.1) is 5.82 Å². The second kappa shape index (κ2) is 8.38. The SMILES string of the molecule is COc1nc2c(C(N)=O)cccc2n1-c1nc(NCc2cccc(F)c2)c2c(n1)OCCC2. The fraction of sp³-hybridized carbons (Fsp3) is 0.217. The number of benzene rings is 2. The highest BCUT2D eigenvalue weighted by Crippen LogP contribution is 2.33. The van der Waals surface area contributed by atoms with Crippen molar-refractivity contribution in [3.63, 3.8) is 0 Å². The number of hydrogen-bond donors (Lipinski definition) is 2. The molecule has 4 aromatic rings. The average molecular weight is 448 g/mol. The van der Waals surface area contributed by atoms with E-state index in [9.17, 15) is 9.18 Å². The molecular weight excluding hydrogens is 427 g/mol. The number of nitrogens with zero attached hydrogens (tertiary/aromatic N) is 4. The first-order chi connectivity index (χ1) is 16.0. The van der Waals surface area contributed by atoms with Crippen molar-refractivity contribution < 1.29 is 18.7 Å². The number of fused-ring (bicyclic) bond motifs is 2. The number of rotatable bonds is 6. The molecule has 33 heavy (non-hydrogen) atoms. The number of nitrogens with two attached hydrogens (primary N) is 1. The lowest BCUT2D eigenvalue weighted by atomic mass is 10.1. The number of methoxy groups -OCH3 is 1. The lowest BCUT2D eigenvalue weighted by Crippen LogP contribution is -2.17. The maximum atomic E-state index is 13.6. The van der Waals surface area contributed by atoms with Crippen molar-refractivity contribution >= 4 is 22.8 Å². The van der Waals surface area contributed by atoms with Crippen LogP contribution < -0.4 is 20.5 Å². The molecule has 10 heteroatoms. The van der Waals surface area contributed by atoms with Crippen molar-refractivity contribution in [3.05, 3.63) is 65.0 Å². The van der Waals surface area contributed by atoms with Gasteiger partial charge in [0.2, 0.25) is 11.8 Å². The van der Waals surface area contributed by atoms with Gasteiger partial charge in [0.15, 0.2) is 0 Å². The van der Waals surface area contributed by atoms with Gasteiger partial charge in [0.1, 0.15) is 17.2 Å². The molecule has 0 saturated heterocycles. The van der Waals surface area contributed by atoms with Crippen LogP contribution in [-0.2, 0) is 13.0 Å². The summed E-state index contributed by atoms with van der Waals surface area (Å²) in [5.74, 6) is 0.401. The Morgan fingerprint density at radius 3 is 2.88 bits per heavy atom. The molecule has 0 radical (unpaired) electrons. The highest BCUT2D eigenvalue weighted by molar-refractivity contribution is 6.04. The van der Waals surface area contributed by atoms with Gasteiger partial charge in [-0.2, -0.15) is 15.0 Å². The second-order valence-corrected chi connectivity index (χ2v) is 7.56. The van der Waals surface area contributed by atoms with Gasteiger partial charge in [0.25, 0.3) is 5.91 Å². The molecule has 1 aliphatic heterocycles. The van der Waals surface area contributed by atoms with E-state index in [1.807, 2.05) is 6.07 Å². The van der Waals surface area contributed by atoms with E-state index >= 15 is 0 Å². The number of hydrogen-bond acceptors (Lipinski definition) is 7. The summed E-state index contributed by atoms with van der Waals surface area (Å²) in [5.41, 5.74) is 8.37. The number of imidazole rings is 1. The number of amides is 1. The van der Waals surface area contributed by atoms with Gasteiger partial charge in [0.05, 0.1) is 30.4 Å². The van der Waals surface area contributed by atoms with Crippen LogP contribution in [0.5, 0.6) is 11.9 Å². The zero-order valence-corrected chi connectivity index (χ0v) is 17.8. The van der Waals surface area contributed by atoms with E-state index in [1.54, 1.807) is 28.8 Å². The molecule has 0 atom stereocenters. The Balaban J connectivity index is 1.63. The zero-order chi connectivity index (χ0) is 22.9. The van der Waals surface area contributed by atoms with Gasteiger partial charge >= 0.3 is 6.01 Å². The van der Waals surface area contributed by atoms with Gasteiger partial charge in [-0.1, -0.05) is 18.2 Å². The van der Waals surface area contributed by atoms with Gasteiger partial charge in [-0.3, -0.25) is 4.79 Å². The highest BCUT2D eigenvalue weighted by atomic mass is 19.1. The van der Waals surface area contributed by atoms with Crippen LogP contribution >= 0.6 is 0 Å². The summed E-state index contributed by atoms with van der Waals surface area (Å²) in [6.07, 6.45) is 1.58. The minimum Gasteiger partial charge on any atom is -0.477 e. The minimum atomic E-state index is -0.597. The predicted molar refractivity (Wildman–Crippen MR) is 119 cm³/mol. The van der Waals surface area contributed by atoms with Crippen molar-refractivity contribution in [3.8, 4) is 17.8 Å². The van der Waals surface area contributed by atoms with E-state index < -0.39 is 5.91 Å². The predicted octanol–water partition coefficient (Wildman–Crippen LogP) is 3.00. The Morgan fingerprint density at radius 2 is 2.09 bits per heavy atom. The molecule has 0 bridgehead atoms. The summed E-state index contributed by atoms with van der Waals surface area (Å²) in [6.45, 7) is 0.911. The molecule has 1 amide bonds. The van der Waals surface area contributed by atoms with Crippen LogP contribution in [0.3, 0.4) is 0 Å². The molecular formula is C23H21FN6O3. The van der Waals surface area contributed by atoms with Crippen LogP contribution in [0.15, 0.2) is 42.5 Å². The summed E-state index contributed by atoms with van der Waals surface area (Å²) >= 11 is 0. The number of ether oxygens (including phenoxy) is 2. The average Bonchev–Trinajstić information content (AvgIpc) is 3.21. The maximum absolute atomic E-state index is 13.6. The second-order valence-electron chi connectivity index (χ2n) is 7.56. The Morgan fingerprint density at radius 1 is 1.24 bits per heavy atom. The van der Waals surface area contributed by atoms with Gasteiger partial charge < -0.3 is 20.5 Å². The van der Waals surface area contributed by atoms with E-state index in [0.717, 1.165) is 24.0 Å². The number of nitrogens with one attached hydrogen (secondary N) is 1. The first-order valence-corrected chi connectivity index (χ1v) is 10.4. The molecule has 9 nitrogen and oxygen atoms in total. The molecule has 0 saturated carbocycles. The van der Waals surface area contributed by atoms with Gasteiger partial charge in [-0.15, -0.1) is 0 Å². The molecule has 168 valence electrons. The Hall–Kier alpha value is -4.21. The van der Waals surface area contributed by atoms with Gasteiger partial charge in [0, 0.05) is 6.54 Å². The van der Waals surface area contributed by atoms with Crippen molar-refractivity contribution in [1.82, 2.24) is 19.5 Å². The number of anilines is 1. The lowest BCUT2D eigenvalue weighted by molar-refractivity contribution is 0.100. The van der Waals surface area contributed by atoms with Crippen LogP contribution in [0.25, 0.3) is 17.0 Å². The Bertz CT molecular complexity index is 1370. The van der Waals surface area contributed by atoms with E-state index in [4.69, 9.17) is 20.2 Å². The van der Waals surface area contributed by atoms with Crippen molar-refractivity contribution in [2.24, 2.45) is 5.73 Å². The fourth-order valence-corrected chi connectivity index (χ4v) is 3.90. The number of primary amides is 1. The van der Waals surface area contributed by atoms with Crippen LogP contribution in [0.4, 0.5) is 10.2 Å². The highest BCUT2D eigenvalue weighted by Gasteiger charge is 2.24. The zero-order valence-electron chi connectivity index (χ0n) is 17.8. The third-order valence-corrected chi connectivity index (χ3v) is 5.42. The van der Waals surface area contributed by atoms with Crippen LogP contribution in [-0.4, -0.2) is 39.1 Å². The van der Waals surface area contributed by atoms with Crippen LogP contribution in [0.1, 0.15) is 27.9 Å². The van der Waals surface area contributed by atoms with Crippen LogP contribution in [0.2, 0.25) is 0 Å². The molecule has 0 fully saturated rings. The van der Waals surface area contributed by atoms with E-state index in [0.29, 0.717) is 35.9 Å². The Kier molecular flexibility index (Phi) is 5.25. The first-order valence-electron chi connectivity index (χ1n) is 10.4. The van der Waals surface area contributed by atoms with E-state index in [2.05, 4.69) is 15.3 Å². The number of para-hydroxylation sites is 1. The molecule has 3 N–H and O–H groups in total. The smallest absolute Gasteiger partial charge is 0.304 e. The quantitative estimate of drug-likeness (QED) is 0.466. The number of halogens is 1. The number of carbonyl (C=O) groups excluding carboxylic acids is 1. The van der Waals surface area contributed by atoms with E-state index in [1.165, 1.54) is 19.2 Å². The molecule has 2 aromatic heterocycles. The van der Waals surface area contributed by atoms with Crippen molar-refractivity contribution in [2.75, 3.05) is 19.0 Å². The monoisotopic (exact) mass is 448 g/mol. The van der Waals surface area contributed by atoms with E-state index in [-0.39, 0.29) is 23.3 Å². The summed E-state index contributed by atoms with van der Waals surface area (Å²) < 4.78 is 26.5. The summed E-state index contributed by atoms with van der Waals surface area (Å²) in [7, 11) is 1.47. The molecule has 0 aliphatic carbocycles. The Labute approximate surface area is 188 Å². The third-order valence-electron chi connectivity index (χ3n) is 5.42. The third kappa shape index (κ3) is 3.79. The summed E-state index contributed by atoms with van der Waals surface area (Å²) in [5, 5.41) is 3.29. The minimum absolute atomic E-state index is 0.200. The lowest BCUT2D eigenvalue weighted by Gasteiger charge is -2.21. The molecule has 2 aromatic carbocycles. The summed E-state index contributed by atoms with van der Waals surface area (Å²) in [6, 6.07) is 11.6. The van der Waals surface area contributed by atoms with Gasteiger partial charge in [-0.05, 0) is 42.7 Å². The topological polar surface area (TPSA) is 117 Å². The normalized spacial score (nSPS) is 12.8. The molecule has 1 aliphatic rings. The van der Waals surface area contributed by atoms with Crippen molar-refractivity contribution in [2.45, 2.75) is 19.4 Å². The standard InChI is InChI=1S/C23H21FN6O3/c1-32-23-27-18-15(19(25)31)7-3-9-17(18)30(23)22-28-20(16-8-4-10-33-21(16)29-22)26-12-13-5-2-6-14(24)11-13/h2-3,5-7,9,11H,4,8,10,12H2,1H3,(H2,25,31)(H,26,28,29).